The minimum atomic E-state index is -1.13. The molecule has 0 heterocycles. The van der Waals surface area contributed by atoms with Crippen LogP contribution in [0.15, 0.2) is 18.2 Å². The number of hydrogen-bond donors (Lipinski definition) is 1. The highest BCUT2D eigenvalue weighted by Gasteiger charge is 2.28. The molecule has 0 atom stereocenters. The predicted octanol–water partition coefficient (Wildman–Crippen LogP) is 4.88. The third-order valence-electron chi connectivity index (χ3n) is 4.78. The molecule has 140 valence electrons. The number of aliphatic carboxylic acids is 1. The van der Waals surface area contributed by atoms with Crippen LogP contribution in [-0.4, -0.2) is 32.5 Å². The zero-order valence-electron chi connectivity index (χ0n) is 15.4. The molecule has 4 nitrogen and oxygen atoms in total. The SMILES string of the molecule is C[Si](C)(C)CCOCOc1ccc(F)cc1C1CCC(C(=O)O)CC1. The highest BCUT2D eigenvalue weighted by molar-refractivity contribution is 6.76. The van der Waals surface area contributed by atoms with Gasteiger partial charge in [0.05, 0.1) is 5.92 Å². The van der Waals surface area contributed by atoms with Gasteiger partial charge in [-0.15, -0.1) is 0 Å². The number of carboxylic acid groups (broad SMARTS) is 1. The minimum absolute atomic E-state index is 0.142. The first-order chi connectivity index (χ1) is 11.8. The maximum absolute atomic E-state index is 13.7. The summed E-state index contributed by atoms with van der Waals surface area (Å²) in [6, 6.07) is 5.63. The summed E-state index contributed by atoms with van der Waals surface area (Å²) in [7, 11) is -1.13. The summed E-state index contributed by atoms with van der Waals surface area (Å²) >= 11 is 0. The van der Waals surface area contributed by atoms with Crippen molar-refractivity contribution in [2.24, 2.45) is 5.92 Å². The molecule has 1 N–H and O–H groups in total. The Kier molecular flexibility index (Phi) is 7.01. The largest absolute Gasteiger partial charge is 0.481 e. The lowest BCUT2D eigenvalue weighted by molar-refractivity contribution is -0.142. The first kappa shape index (κ1) is 19.9. The van der Waals surface area contributed by atoms with Gasteiger partial charge in [-0.1, -0.05) is 19.6 Å². The predicted molar refractivity (Wildman–Crippen MR) is 98.3 cm³/mol. The van der Waals surface area contributed by atoms with Crippen molar-refractivity contribution in [3.63, 3.8) is 0 Å². The number of ether oxygens (including phenoxy) is 2. The van der Waals surface area contributed by atoms with Gasteiger partial charge in [0.1, 0.15) is 11.6 Å². The monoisotopic (exact) mass is 368 g/mol. The fraction of sp³-hybridized carbons (Fsp3) is 0.632. The van der Waals surface area contributed by atoms with E-state index in [0.717, 1.165) is 24.4 Å². The average molecular weight is 369 g/mol. The first-order valence-corrected chi connectivity index (χ1v) is 12.7. The lowest BCUT2D eigenvalue weighted by Crippen LogP contribution is -2.22. The molecule has 0 aromatic heterocycles. The van der Waals surface area contributed by atoms with Crippen molar-refractivity contribution in [1.29, 1.82) is 0 Å². The Bertz CT molecular complexity index is 577. The summed E-state index contributed by atoms with van der Waals surface area (Å²) in [5.74, 6) is -0.511. The Labute approximate surface area is 150 Å². The molecule has 1 saturated carbocycles. The van der Waals surface area contributed by atoms with Gasteiger partial charge in [0.25, 0.3) is 0 Å². The van der Waals surface area contributed by atoms with E-state index in [9.17, 15) is 9.18 Å². The van der Waals surface area contributed by atoms with Gasteiger partial charge in [-0.25, -0.2) is 4.39 Å². The van der Waals surface area contributed by atoms with E-state index < -0.39 is 14.0 Å². The summed E-state index contributed by atoms with van der Waals surface area (Å²) in [6.07, 6.45) is 2.74. The first-order valence-electron chi connectivity index (χ1n) is 8.99. The number of benzene rings is 1. The Hall–Kier alpha value is -1.40. The van der Waals surface area contributed by atoms with Gasteiger partial charge in [0.2, 0.25) is 0 Å². The van der Waals surface area contributed by atoms with E-state index in [2.05, 4.69) is 19.6 Å². The number of halogens is 1. The molecule has 0 unspecified atom stereocenters. The van der Waals surface area contributed by atoms with Crippen molar-refractivity contribution in [2.75, 3.05) is 13.4 Å². The normalized spacial score (nSPS) is 21.1. The Balaban J connectivity index is 1.92. The van der Waals surface area contributed by atoms with E-state index in [1.807, 2.05) is 0 Å². The molecule has 0 radical (unpaired) electrons. The molecule has 1 aliphatic rings. The minimum Gasteiger partial charge on any atom is -0.481 e. The van der Waals surface area contributed by atoms with Crippen LogP contribution in [0.1, 0.15) is 37.2 Å². The molecule has 1 aromatic carbocycles. The quantitative estimate of drug-likeness (QED) is 0.404. The molecule has 25 heavy (non-hydrogen) atoms. The molecule has 2 rings (SSSR count). The third-order valence-corrected chi connectivity index (χ3v) is 6.49. The van der Waals surface area contributed by atoms with E-state index in [1.54, 1.807) is 6.07 Å². The second-order valence-corrected chi connectivity index (χ2v) is 13.7. The van der Waals surface area contributed by atoms with E-state index in [1.165, 1.54) is 12.1 Å². The molecule has 0 saturated heterocycles. The maximum atomic E-state index is 13.7. The fourth-order valence-corrected chi connectivity index (χ4v) is 3.92. The van der Waals surface area contributed by atoms with E-state index >= 15 is 0 Å². The van der Waals surface area contributed by atoms with Gasteiger partial charge in [-0.2, -0.15) is 0 Å². The number of carboxylic acids is 1. The van der Waals surface area contributed by atoms with Crippen molar-refractivity contribution >= 4 is 14.0 Å². The van der Waals surface area contributed by atoms with Gasteiger partial charge in [0.15, 0.2) is 6.79 Å². The maximum Gasteiger partial charge on any atom is 0.306 e. The molecule has 0 aliphatic heterocycles. The zero-order valence-corrected chi connectivity index (χ0v) is 16.4. The lowest BCUT2D eigenvalue weighted by atomic mass is 9.78. The van der Waals surface area contributed by atoms with E-state index in [0.29, 0.717) is 25.2 Å². The van der Waals surface area contributed by atoms with Gasteiger partial charge >= 0.3 is 5.97 Å². The molecule has 1 aromatic rings. The van der Waals surface area contributed by atoms with Crippen molar-refractivity contribution in [3.05, 3.63) is 29.6 Å². The fourth-order valence-electron chi connectivity index (χ4n) is 3.16. The molecular formula is C19H29FO4Si. The van der Waals surface area contributed by atoms with Crippen molar-refractivity contribution in [1.82, 2.24) is 0 Å². The third kappa shape index (κ3) is 6.43. The number of carbonyl (C=O) groups is 1. The summed E-state index contributed by atoms with van der Waals surface area (Å²) in [6.45, 7) is 7.72. The summed E-state index contributed by atoms with van der Waals surface area (Å²) in [5, 5.41) is 9.12. The molecular weight excluding hydrogens is 339 g/mol. The Morgan fingerprint density at radius 2 is 1.92 bits per heavy atom. The molecule has 0 amide bonds. The van der Waals surface area contributed by atoms with E-state index in [4.69, 9.17) is 14.6 Å². The Morgan fingerprint density at radius 1 is 1.24 bits per heavy atom. The molecule has 6 heteroatoms. The molecule has 0 spiro atoms. The smallest absolute Gasteiger partial charge is 0.306 e. The van der Waals surface area contributed by atoms with Crippen LogP contribution in [0.4, 0.5) is 4.39 Å². The van der Waals surface area contributed by atoms with Gasteiger partial charge in [-0.05, 0) is 55.8 Å². The second-order valence-electron chi connectivity index (χ2n) is 8.05. The van der Waals surface area contributed by atoms with E-state index in [-0.39, 0.29) is 24.4 Å². The summed E-state index contributed by atoms with van der Waals surface area (Å²) in [4.78, 5) is 11.1. The van der Waals surface area contributed by atoms with Crippen LogP contribution in [0.3, 0.4) is 0 Å². The van der Waals surface area contributed by atoms with Crippen LogP contribution in [-0.2, 0) is 9.53 Å². The standard InChI is InChI=1S/C19H29FO4Si/c1-25(2,3)11-10-23-13-24-18-9-8-16(20)12-17(18)14-4-6-15(7-5-14)19(21)22/h8-9,12,14-15H,4-7,10-11,13H2,1-3H3,(H,21,22). The highest BCUT2D eigenvalue weighted by Crippen LogP contribution is 2.40. The second kappa shape index (κ2) is 8.81. The number of rotatable bonds is 8. The lowest BCUT2D eigenvalue weighted by Gasteiger charge is -2.27. The highest BCUT2D eigenvalue weighted by atomic mass is 28.3. The van der Waals surface area contributed by atoms with Crippen LogP contribution in [0.5, 0.6) is 5.75 Å². The molecule has 1 aliphatic carbocycles. The van der Waals surface area contributed by atoms with Crippen molar-refractivity contribution < 1.29 is 23.8 Å². The van der Waals surface area contributed by atoms with Crippen LogP contribution in [0, 0.1) is 11.7 Å². The van der Waals surface area contributed by atoms with Crippen LogP contribution < -0.4 is 4.74 Å². The van der Waals surface area contributed by atoms with Gasteiger partial charge in [-0.3, -0.25) is 4.79 Å². The van der Waals surface area contributed by atoms with Crippen molar-refractivity contribution in [3.8, 4) is 5.75 Å². The van der Waals surface area contributed by atoms with Gasteiger partial charge < -0.3 is 14.6 Å². The van der Waals surface area contributed by atoms with Crippen LogP contribution in [0.25, 0.3) is 0 Å². The van der Waals surface area contributed by atoms with Gasteiger partial charge in [0, 0.05) is 20.2 Å². The molecule has 1 fully saturated rings. The average Bonchev–Trinajstić information content (AvgIpc) is 2.54. The van der Waals surface area contributed by atoms with Crippen LogP contribution in [0.2, 0.25) is 25.7 Å². The summed E-state index contributed by atoms with van der Waals surface area (Å²) in [5.41, 5.74) is 0.831. The van der Waals surface area contributed by atoms with Crippen LogP contribution >= 0.6 is 0 Å². The molecule has 0 bridgehead atoms. The Morgan fingerprint density at radius 3 is 2.52 bits per heavy atom. The summed E-state index contributed by atoms with van der Waals surface area (Å²) < 4.78 is 25.0. The topological polar surface area (TPSA) is 55.8 Å². The number of hydrogen-bond acceptors (Lipinski definition) is 3. The zero-order chi connectivity index (χ0) is 18.4. The van der Waals surface area contributed by atoms with Crippen molar-refractivity contribution in [2.45, 2.75) is 57.3 Å².